The summed E-state index contributed by atoms with van der Waals surface area (Å²) in [6.07, 6.45) is 2.24. The molecule has 1 fully saturated rings. The largest absolute Gasteiger partial charge is 0.379 e. The second-order valence-electron chi connectivity index (χ2n) is 9.65. The molecule has 0 aromatic rings. The maximum atomic E-state index is 13.4. The molecule has 186 valence electrons. The highest BCUT2D eigenvalue weighted by molar-refractivity contribution is 5.79. The summed E-state index contributed by atoms with van der Waals surface area (Å²) in [6.45, 7) is 10.6. The smallest absolute Gasteiger partial charge is 0.225 e. The summed E-state index contributed by atoms with van der Waals surface area (Å²) in [4.78, 5) is 41.5. The first kappa shape index (κ1) is 28.4. The highest BCUT2D eigenvalue weighted by atomic mass is 16.5. The van der Waals surface area contributed by atoms with E-state index in [4.69, 9.17) is 15.2 Å². The normalized spacial score (nSPS) is 21.2. The molecule has 0 radical (unpaired) electrons. The first-order chi connectivity index (χ1) is 15.0. The van der Waals surface area contributed by atoms with Crippen molar-refractivity contribution in [3.05, 3.63) is 0 Å². The molecule has 2 N–H and O–H groups in total. The number of hydrogen-bond acceptors (Lipinski definition) is 5. The number of carbonyl (C=O) groups excluding carboxylic acids is 3. The fraction of sp³-hybridized carbons (Fsp3) is 0.875. The lowest BCUT2D eigenvalue weighted by Crippen LogP contribution is -2.53. The lowest BCUT2D eigenvalue weighted by atomic mass is 9.90. The Morgan fingerprint density at radius 1 is 1.09 bits per heavy atom. The summed E-state index contributed by atoms with van der Waals surface area (Å²) in [5.74, 6) is -0.486. The Balaban J connectivity index is 3.06. The minimum Gasteiger partial charge on any atom is -0.379 e. The number of nitrogens with two attached hydrogens (primary N) is 1. The van der Waals surface area contributed by atoms with Crippen LogP contribution < -0.4 is 5.73 Å². The molecule has 3 amide bonds. The molecule has 0 aliphatic carbocycles. The Bertz CT molecular complexity index is 627. The molecule has 1 heterocycles. The number of likely N-dealkylation sites (tertiary alicyclic amines) is 1. The van der Waals surface area contributed by atoms with Crippen LogP contribution in [0.15, 0.2) is 0 Å². The van der Waals surface area contributed by atoms with E-state index in [1.165, 1.54) is 0 Å². The molecule has 0 aromatic carbocycles. The van der Waals surface area contributed by atoms with Gasteiger partial charge in [0, 0.05) is 34.2 Å². The zero-order valence-corrected chi connectivity index (χ0v) is 21.3. The number of amides is 3. The summed E-state index contributed by atoms with van der Waals surface area (Å²) in [6, 6.07) is -0.404. The lowest BCUT2D eigenvalue weighted by Gasteiger charge is -2.39. The van der Waals surface area contributed by atoms with Gasteiger partial charge < -0.3 is 25.0 Å². The van der Waals surface area contributed by atoms with Gasteiger partial charge in [-0.2, -0.15) is 0 Å². The number of methoxy groups -OCH3 is 2. The third-order valence-electron chi connectivity index (χ3n) is 6.92. The van der Waals surface area contributed by atoms with Crippen molar-refractivity contribution >= 4 is 17.7 Å². The van der Waals surface area contributed by atoms with Gasteiger partial charge in [0.05, 0.1) is 36.6 Å². The van der Waals surface area contributed by atoms with E-state index in [0.29, 0.717) is 13.0 Å². The Morgan fingerprint density at radius 3 is 2.19 bits per heavy atom. The fourth-order valence-corrected chi connectivity index (χ4v) is 4.83. The van der Waals surface area contributed by atoms with Gasteiger partial charge in [-0.15, -0.1) is 0 Å². The summed E-state index contributed by atoms with van der Waals surface area (Å²) in [7, 11) is 4.96. The second kappa shape index (κ2) is 13.1. The van der Waals surface area contributed by atoms with Crippen molar-refractivity contribution in [3.63, 3.8) is 0 Å². The molecule has 32 heavy (non-hydrogen) atoms. The molecule has 8 nitrogen and oxygen atoms in total. The molecule has 0 aromatic heterocycles. The zero-order valence-electron chi connectivity index (χ0n) is 21.3. The van der Waals surface area contributed by atoms with Crippen LogP contribution in [0, 0.1) is 17.8 Å². The van der Waals surface area contributed by atoms with Crippen molar-refractivity contribution in [2.24, 2.45) is 23.5 Å². The molecule has 0 bridgehead atoms. The van der Waals surface area contributed by atoms with Crippen LogP contribution in [0.3, 0.4) is 0 Å². The minimum atomic E-state index is -0.496. The van der Waals surface area contributed by atoms with E-state index in [0.717, 1.165) is 19.3 Å². The fourth-order valence-electron chi connectivity index (χ4n) is 4.83. The number of primary amides is 1. The number of carbonyl (C=O) groups is 3. The van der Waals surface area contributed by atoms with Gasteiger partial charge in [0.2, 0.25) is 17.7 Å². The average molecular weight is 456 g/mol. The molecule has 1 rings (SSSR count). The third-order valence-corrected chi connectivity index (χ3v) is 6.92. The quantitative estimate of drug-likeness (QED) is 0.460. The van der Waals surface area contributed by atoms with E-state index in [2.05, 4.69) is 13.8 Å². The summed E-state index contributed by atoms with van der Waals surface area (Å²) < 4.78 is 11.4. The maximum Gasteiger partial charge on any atom is 0.225 e. The van der Waals surface area contributed by atoms with Gasteiger partial charge in [0.25, 0.3) is 0 Å². The predicted molar refractivity (Wildman–Crippen MR) is 125 cm³/mol. The number of hydrogen-bond donors (Lipinski definition) is 1. The van der Waals surface area contributed by atoms with Gasteiger partial charge in [-0.1, -0.05) is 41.0 Å². The van der Waals surface area contributed by atoms with Crippen LogP contribution in [0.5, 0.6) is 0 Å². The van der Waals surface area contributed by atoms with Crippen LogP contribution in [-0.4, -0.2) is 79.6 Å². The highest BCUT2D eigenvalue weighted by Crippen LogP contribution is 2.29. The van der Waals surface area contributed by atoms with E-state index >= 15 is 0 Å². The number of nitrogens with zero attached hydrogens (tertiary/aromatic N) is 2. The Hall–Kier alpha value is -1.67. The van der Waals surface area contributed by atoms with Gasteiger partial charge in [-0.05, 0) is 24.7 Å². The van der Waals surface area contributed by atoms with Gasteiger partial charge in [-0.25, -0.2) is 0 Å². The van der Waals surface area contributed by atoms with Crippen molar-refractivity contribution < 1.29 is 23.9 Å². The SMILES string of the molecule is CCC(C)C(C(CC(=O)N1CCC[C@H]1C(OC)C(C)C(N)=O)OC)N(C)C(=O)CC(C)C. The van der Waals surface area contributed by atoms with Crippen molar-refractivity contribution in [2.45, 2.75) is 91.0 Å². The molecule has 0 spiro atoms. The van der Waals surface area contributed by atoms with Crippen LogP contribution in [-0.2, 0) is 23.9 Å². The van der Waals surface area contributed by atoms with E-state index < -0.39 is 24.0 Å². The molecule has 1 saturated heterocycles. The summed E-state index contributed by atoms with van der Waals surface area (Å²) >= 11 is 0. The van der Waals surface area contributed by atoms with Crippen LogP contribution in [0.2, 0.25) is 0 Å². The van der Waals surface area contributed by atoms with E-state index in [1.54, 1.807) is 26.0 Å². The standard InChI is InChI=1S/C24H45N3O5/c1-9-16(4)22(26(6)20(28)13-15(2)3)19(31-7)14-21(29)27-12-10-11-18(27)23(32-8)17(5)24(25)30/h15-19,22-23H,9-14H2,1-8H3,(H2,25,30)/t16?,17?,18-,19?,22?,23?/m0/s1. The van der Waals surface area contributed by atoms with Gasteiger partial charge in [0.15, 0.2) is 0 Å². The van der Waals surface area contributed by atoms with E-state index in [1.807, 2.05) is 25.8 Å². The average Bonchev–Trinajstić information content (AvgIpc) is 3.22. The topological polar surface area (TPSA) is 102 Å². The van der Waals surface area contributed by atoms with Crippen molar-refractivity contribution in [1.82, 2.24) is 9.80 Å². The molecule has 5 unspecified atom stereocenters. The highest BCUT2D eigenvalue weighted by Gasteiger charge is 2.41. The zero-order chi connectivity index (χ0) is 24.6. The van der Waals surface area contributed by atoms with E-state index in [-0.39, 0.29) is 42.2 Å². The van der Waals surface area contributed by atoms with Crippen LogP contribution >= 0.6 is 0 Å². The van der Waals surface area contributed by atoms with Crippen LogP contribution in [0.25, 0.3) is 0 Å². The molecule has 8 heteroatoms. The Kier molecular flexibility index (Phi) is 11.6. The summed E-state index contributed by atoms with van der Waals surface area (Å²) in [5, 5.41) is 0. The van der Waals surface area contributed by atoms with Crippen molar-refractivity contribution in [1.29, 1.82) is 0 Å². The summed E-state index contributed by atoms with van der Waals surface area (Å²) in [5.41, 5.74) is 5.51. The first-order valence-corrected chi connectivity index (χ1v) is 11.9. The monoisotopic (exact) mass is 455 g/mol. The predicted octanol–water partition coefficient (Wildman–Crippen LogP) is 2.44. The Labute approximate surface area is 194 Å². The lowest BCUT2D eigenvalue weighted by molar-refractivity contribution is -0.145. The molecule has 1 aliphatic heterocycles. The van der Waals surface area contributed by atoms with Crippen molar-refractivity contribution in [2.75, 3.05) is 27.8 Å². The number of rotatable bonds is 13. The molecular formula is C24H45N3O5. The maximum absolute atomic E-state index is 13.4. The van der Waals surface area contributed by atoms with E-state index in [9.17, 15) is 14.4 Å². The Morgan fingerprint density at radius 2 is 1.72 bits per heavy atom. The molecule has 1 aliphatic rings. The van der Waals surface area contributed by atoms with Crippen LogP contribution in [0.1, 0.15) is 66.7 Å². The van der Waals surface area contributed by atoms with Crippen molar-refractivity contribution in [3.8, 4) is 0 Å². The molecular weight excluding hydrogens is 410 g/mol. The number of ether oxygens (including phenoxy) is 2. The second-order valence-corrected chi connectivity index (χ2v) is 9.65. The van der Waals surface area contributed by atoms with Gasteiger partial charge in [-0.3, -0.25) is 14.4 Å². The van der Waals surface area contributed by atoms with Gasteiger partial charge in [0.1, 0.15) is 0 Å². The third kappa shape index (κ3) is 7.17. The number of likely N-dealkylation sites (N-methyl/N-ethyl adjacent to an activating group) is 1. The minimum absolute atomic E-state index is 0.0453. The van der Waals surface area contributed by atoms with Crippen LogP contribution in [0.4, 0.5) is 0 Å². The first-order valence-electron chi connectivity index (χ1n) is 11.9. The van der Waals surface area contributed by atoms with Gasteiger partial charge >= 0.3 is 0 Å². The molecule has 6 atom stereocenters. The molecule has 0 saturated carbocycles.